The van der Waals surface area contributed by atoms with Crippen molar-refractivity contribution in [1.82, 2.24) is 15.1 Å². The molecule has 0 aliphatic carbocycles. The zero-order chi connectivity index (χ0) is 14.7. The number of nitriles is 1. The average molecular weight is 280 g/mol. The second-order valence-corrected chi connectivity index (χ2v) is 4.42. The number of benzene rings is 1. The number of nitrogens with zero attached hydrogens (tertiary/aromatic N) is 3. The molecule has 0 unspecified atom stereocenters. The highest BCUT2D eigenvalue weighted by atomic mass is 16.5. The van der Waals surface area contributed by atoms with Gasteiger partial charge in [0.25, 0.3) is 5.89 Å². The molecule has 2 aromatic heterocycles. The Labute approximate surface area is 121 Å². The molecule has 21 heavy (non-hydrogen) atoms. The summed E-state index contributed by atoms with van der Waals surface area (Å²) in [4.78, 5) is 7.25. The average Bonchev–Trinajstić information content (AvgIpc) is 3.16. The maximum atomic E-state index is 8.81. The van der Waals surface area contributed by atoms with Crippen molar-refractivity contribution in [3.05, 3.63) is 53.5 Å². The number of methoxy groups -OCH3 is 1. The van der Waals surface area contributed by atoms with E-state index in [1.807, 2.05) is 30.3 Å². The van der Waals surface area contributed by atoms with Crippen LogP contribution in [0.3, 0.4) is 0 Å². The number of aromatic nitrogens is 3. The summed E-state index contributed by atoms with van der Waals surface area (Å²) in [6.45, 7) is 0. The van der Waals surface area contributed by atoms with Gasteiger partial charge < -0.3 is 14.2 Å². The van der Waals surface area contributed by atoms with Gasteiger partial charge in [0.15, 0.2) is 5.82 Å². The van der Waals surface area contributed by atoms with Crippen LogP contribution >= 0.6 is 0 Å². The van der Waals surface area contributed by atoms with Gasteiger partial charge in [0, 0.05) is 18.2 Å². The van der Waals surface area contributed by atoms with Crippen LogP contribution in [0.5, 0.6) is 5.75 Å². The third-order valence-corrected chi connectivity index (χ3v) is 3.05. The molecule has 0 amide bonds. The molecule has 0 aliphatic heterocycles. The van der Waals surface area contributed by atoms with Crippen LogP contribution in [0.4, 0.5) is 0 Å². The molecule has 0 fully saturated rings. The van der Waals surface area contributed by atoms with Crippen LogP contribution in [0, 0.1) is 11.3 Å². The Hall–Kier alpha value is -3.07. The predicted octanol–water partition coefficient (Wildman–Crippen LogP) is 2.54. The highest BCUT2D eigenvalue weighted by Gasteiger charge is 2.13. The smallest absolute Gasteiger partial charge is 0.274 e. The van der Waals surface area contributed by atoms with E-state index in [-0.39, 0.29) is 0 Å². The van der Waals surface area contributed by atoms with Gasteiger partial charge >= 0.3 is 0 Å². The molecule has 3 rings (SSSR count). The van der Waals surface area contributed by atoms with E-state index in [9.17, 15) is 0 Å². The van der Waals surface area contributed by atoms with Crippen molar-refractivity contribution in [1.29, 1.82) is 5.26 Å². The Morgan fingerprint density at radius 3 is 3.00 bits per heavy atom. The Morgan fingerprint density at radius 2 is 2.24 bits per heavy atom. The predicted molar refractivity (Wildman–Crippen MR) is 74.6 cm³/mol. The minimum Gasteiger partial charge on any atom is -0.496 e. The van der Waals surface area contributed by atoms with Gasteiger partial charge in [0.1, 0.15) is 17.5 Å². The van der Waals surface area contributed by atoms with Gasteiger partial charge in [0.05, 0.1) is 12.7 Å². The number of aromatic amines is 1. The molecule has 0 spiro atoms. The first kappa shape index (κ1) is 12.9. The van der Waals surface area contributed by atoms with Crippen LogP contribution in [0.2, 0.25) is 0 Å². The van der Waals surface area contributed by atoms with Crippen molar-refractivity contribution in [3.63, 3.8) is 0 Å². The molecule has 6 heteroatoms. The van der Waals surface area contributed by atoms with E-state index in [1.54, 1.807) is 19.4 Å². The van der Waals surface area contributed by atoms with Gasteiger partial charge in [0.2, 0.25) is 0 Å². The summed E-state index contributed by atoms with van der Waals surface area (Å²) in [5, 5.41) is 12.8. The molecule has 0 atom stereocenters. The molecule has 2 heterocycles. The lowest BCUT2D eigenvalue weighted by atomic mass is 10.1. The molecule has 1 N–H and O–H groups in total. The standard InChI is InChI=1S/C15H12N4O2/c1-20-13-5-3-2-4-11(13)7-14-18-15(21-19-14)12-6-10(8-16)9-17-12/h2-6,9,17H,7H2,1H3. The summed E-state index contributed by atoms with van der Waals surface area (Å²) in [7, 11) is 1.63. The Bertz CT molecular complexity index is 798. The lowest BCUT2D eigenvalue weighted by molar-refractivity contribution is 0.408. The largest absolute Gasteiger partial charge is 0.496 e. The quantitative estimate of drug-likeness (QED) is 0.793. The fourth-order valence-corrected chi connectivity index (χ4v) is 2.04. The maximum Gasteiger partial charge on any atom is 0.274 e. The number of nitrogens with one attached hydrogen (secondary N) is 1. The highest BCUT2D eigenvalue weighted by molar-refractivity contribution is 5.51. The Morgan fingerprint density at radius 1 is 1.38 bits per heavy atom. The van der Waals surface area contributed by atoms with Gasteiger partial charge in [-0.3, -0.25) is 0 Å². The number of ether oxygens (including phenoxy) is 1. The summed E-state index contributed by atoms with van der Waals surface area (Å²) in [5.74, 6) is 1.71. The van der Waals surface area contributed by atoms with Crippen LogP contribution in [-0.2, 0) is 6.42 Å². The van der Waals surface area contributed by atoms with Crippen molar-refractivity contribution < 1.29 is 9.26 Å². The molecule has 0 saturated carbocycles. The number of hydrogen-bond donors (Lipinski definition) is 1. The third-order valence-electron chi connectivity index (χ3n) is 3.05. The lowest BCUT2D eigenvalue weighted by Gasteiger charge is -2.04. The summed E-state index contributed by atoms with van der Waals surface area (Å²) in [6, 6.07) is 11.4. The SMILES string of the molecule is COc1ccccc1Cc1noc(-c2cc(C#N)c[nH]2)n1. The third kappa shape index (κ3) is 2.62. The second-order valence-electron chi connectivity index (χ2n) is 4.42. The molecule has 1 aromatic carbocycles. The zero-order valence-corrected chi connectivity index (χ0v) is 11.3. The molecule has 6 nitrogen and oxygen atoms in total. The molecule has 3 aromatic rings. The second kappa shape index (κ2) is 5.51. The summed E-state index contributed by atoms with van der Waals surface area (Å²) in [6.07, 6.45) is 2.11. The first-order valence-electron chi connectivity index (χ1n) is 6.33. The Balaban J connectivity index is 1.84. The van der Waals surface area contributed by atoms with Gasteiger partial charge in [-0.05, 0) is 12.1 Å². The van der Waals surface area contributed by atoms with Crippen molar-refractivity contribution in [3.8, 4) is 23.4 Å². The molecule has 0 saturated heterocycles. The van der Waals surface area contributed by atoms with Gasteiger partial charge in [-0.1, -0.05) is 23.4 Å². The number of rotatable bonds is 4. The normalized spacial score (nSPS) is 10.3. The number of H-pyrrole nitrogens is 1. The molecule has 104 valence electrons. The van der Waals surface area contributed by atoms with Crippen LogP contribution in [0.1, 0.15) is 17.0 Å². The van der Waals surface area contributed by atoms with Gasteiger partial charge in [-0.15, -0.1) is 0 Å². The monoisotopic (exact) mass is 280 g/mol. The molecular weight excluding hydrogens is 268 g/mol. The minimum absolute atomic E-state index is 0.362. The van der Waals surface area contributed by atoms with Crippen LogP contribution in [0.25, 0.3) is 11.6 Å². The fraction of sp³-hybridized carbons (Fsp3) is 0.133. The Kier molecular flexibility index (Phi) is 3.39. The van der Waals surface area contributed by atoms with E-state index < -0.39 is 0 Å². The van der Waals surface area contributed by atoms with Gasteiger partial charge in [-0.25, -0.2) is 0 Å². The maximum absolute atomic E-state index is 8.81. The highest BCUT2D eigenvalue weighted by Crippen LogP contribution is 2.22. The fourth-order valence-electron chi connectivity index (χ4n) is 2.04. The first-order valence-corrected chi connectivity index (χ1v) is 6.33. The first-order chi connectivity index (χ1) is 10.3. The molecule has 0 aliphatic rings. The molecule has 0 bridgehead atoms. The van der Waals surface area contributed by atoms with Crippen molar-refractivity contribution in [2.24, 2.45) is 0 Å². The van der Waals surface area contributed by atoms with E-state index in [0.717, 1.165) is 11.3 Å². The van der Waals surface area contributed by atoms with E-state index in [2.05, 4.69) is 15.1 Å². The summed E-state index contributed by atoms with van der Waals surface area (Å²) >= 11 is 0. The van der Waals surface area contributed by atoms with E-state index in [4.69, 9.17) is 14.5 Å². The van der Waals surface area contributed by atoms with Gasteiger partial charge in [-0.2, -0.15) is 10.2 Å². The number of para-hydroxylation sites is 1. The zero-order valence-electron chi connectivity index (χ0n) is 11.3. The van der Waals surface area contributed by atoms with E-state index in [0.29, 0.717) is 29.4 Å². The van der Waals surface area contributed by atoms with E-state index >= 15 is 0 Å². The molecule has 0 radical (unpaired) electrons. The van der Waals surface area contributed by atoms with Crippen molar-refractivity contribution in [2.45, 2.75) is 6.42 Å². The summed E-state index contributed by atoms with van der Waals surface area (Å²) < 4.78 is 10.5. The van der Waals surface area contributed by atoms with E-state index in [1.165, 1.54) is 0 Å². The van der Waals surface area contributed by atoms with Crippen molar-refractivity contribution in [2.75, 3.05) is 7.11 Å². The molecular formula is C15H12N4O2. The number of hydrogen-bond acceptors (Lipinski definition) is 5. The summed E-state index contributed by atoms with van der Waals surface area (Å²) in [5.41, 5.74) is 2.14. The van der Waals surface area contributed by atoms with Crippen molar-refractivity contribution >= 4 is 0 Å². The topological polar surface area (TPSA) is 87.7 Å². The van der Waals surface area contributed by atoms with Crippen LogP contribution < -0.4 is 4.74 Å². The minimum atomic E-state index is 0.362. The van der Waals surface area contributed by atoms with Crippen LogP contribution in [-0.4, -0.2) is 22.2 Å². The lowest BCUT2D eigenvalue weighted by Crippen LogP contribution is -1.95. The van der Waals surface area contributed by atoms with Crippen LogP contribution in [0.15, 0.2) is 41.1 Å².